The van der Waals surface area contributed by atoms with Crippen LogP contribution in [0.4, 0.5) is 0 Å². The molecule has 3 fully saturated rings. The van der Waals surface area contributed by atoms with E-state index in [0.717, 1.165) is 12.8 Å². The van der Waals surface area contributed by atoms with Crippen molar-refractivity contribution in [3.05, 3.63) is 0 Å². The van der Waals surface area contributed by atoms with E-state index in [0.29, 0.717) is 11.8 Å². The number of rotatable bonds is 1. The smallest absolute Gasteiger partial charge is 0.310 e. The molecule has 1 N–H and O–H groups in total. The summed E-state index contributed by atoms with van der Waals surface area (Å²) >= 11 is 0. The lowest BCUT2D eigenvalue weighted by Crippen LogP contribution is -2.41. The van der Waals surface area contributed by atoms with Crippen LogP contribution in [0.2, 0.25) is 0 Å². The molecule has 2 aliphatic carbocycles. The Hall–Kier alpha value is -0.570. The van der Waals surface area contributed by atoms with E-state index in [-0.39, 0.29) is 23.9 Å². The number of aliphatic hydroxyl groups is 1. The van der Waals surface area contributed by atoms with E-state index in [1.807, 2.05) is 13.8 Å². The zero-order valence-electron chi connectivity index (χ0n) is 8.56. The van der Waals surface area contributed by atoms with Crippen LogP contribution >= 0.6 is 0 Å². The molecule has 2 bridgehead atoms. The van der Waals surface area contributed by atoms with Crippen LogP contribution in [0.25, 0.3) is 0 Å². The van der Waals surface area contributed by atoms with Crippen LogP contribution < -0.4 is 0 Å². The lowest BCUT2D eigenvalue weighted by atomic mass is 9.72. The normalized spacial score (nSPS) is 49.9. The van der Waals surface area contributed by atoms with E-state index < -0.39 is 5.60 Å². The van der Waals surface area contributed by atoms with E-state index in [4.69, 9.17) is 4.74 Å². The van der Waals surface area contributed by atoms with Crippen molar-refractivity contribution >= 4 is 5.97 Å². The van der Waals surface area contributed by atoms with Crippen molar-refractivity contribution in [2.75, 3.05) is 0 Å². The highest BCUT2D eigenvalue weighted by Crippen LogP contribution is 2.60. The topological polar surface area (TPSA) is 46.5 Å². The molecule has 2 saturated carbocycles. The standard InChI is InChI=1S/C11H16O3/c1-11(2,13)9-5-3-6-7(4-5)14-10(12)8(6)9/h5-9,13H,3-4H2,1-2H3/t5-,6+,7+,8-,9-/m1/s1. The minimum atomic E-state index is -0.738. The predicted octanol–water partition coefficient (Wildman–Crippen LogP) is 0.955. The minimum absolute atomic E-state index is 0.0150. The van der Waals surface area contributed by atoms with E-state index >= 15 is 0 Å². The molecule has 0 unspecified atom stereocenters. The third-order valence-corrected chi connectivity index (χ3v) is 4.30. The molecule has 78 valence electrons. The number of esters is 1. The lowest BCUT2D eigenvalue weighted by molar-refractivity contribution is -0.146. The van der Waals surface area contributed by atoms with Gasteiger partial charge in [0.05, 0.1) is 11.5 Å². The molecule has 0 spiro atoms. The Morgan fingerprint density at radius 2 is 2.14 bits per heavy atom. The van der Waals surface area contributed by atoms with Gasteiger partial charge in [-0.05, 0) is 32.6 Å². The summed E-state index contributed by atoms with van der Waals surface area (Å²) in [5.74, 6) is 0.954. The summed E-state index contributed by atoms with van der Waals surface area (Å²) in [6, 6.07) is 0. The molecule has 3 rings (SSSR count). The highest BCUT2D eigenvalue weighted by molar-refractivity contribution is 5.77. The van der Waals surface area contributed by atoms with Gasteiger partial charge in [-0.15, -0.1) is 0 Å². The highest BCUT2D eigenvalue weighted by atomic mass is 16.6. The van der Waals surface area contributed by atoms with Crippen molar-refractivity contribution in [1.29, 1.82) is 0 Å². The number of fused-ring (bicyclic) bond motifs is 1. The molecule has 0 aromatic rings. The summed E-state index contributed by atoms with van der Waals surface area (Å²) in [4.78, 5) is 11.6. The summed E-state index contributed by atoms with van der Waals surface area (Å²) in [5, 5.41) is 10.1. The van der Waals surface area contributed by atoms with Crippen LogP contribution in [0.3, 0.4) is 0 Å². The molecule has 3 heteroatoms. The van der Waals surface area contributed by atoms with Crippen molar-refractivity contribution in [3.63, 3.8) is 0 Å². The van der Waals surface area contributed by atoms with Gasteiger partial charge in [0.15, 0.2) is 0 Å². The fourth-order valence-corrected chi connectivity index (χ4v) is 4.00. The molecule has 1 aliphatic heterocycles. The molecule has 0 radical (unpaired) electrons. The van der Waals surface area contributed by atoms with Gasteiger partial charge < -0.3 is 9.84 Å². The Labute approximate surface area is 83.4 Å². The quantitative estimate of drug-likeness (QED) is 0.635. The number of hydrogen-bond donors (Lipinski definition) is 1. The van der Waals surface area contributed by atoms with Crippen molar-refractivity contribution < 1.29 is 14.6 Å². The Morgan fingerprint density at radius 1 is 1.43 bits per heavy atom. The second-order valence-electron chi connectivity index (χ2n) is 5.58. The molecule has 1 saturated heterocycles. The fraction of sp³-hybridized carbons (Fsp3) is 0.909. The molecule has 14 heavy (non-hydrogen) atoms. The average molecular weight is 196 g/mol. The van der Waals surface area contributed by atoms with E-state index in [1.165, 1.54) is 0 Å². The van der Waals surface area contributed by atoms with Crippen LogP contribution in [0.5, 0.6) is 0 Å². The van der Waals surface area contributed by atoms with Crippen molar-refractivity contribution in [2.24, 2.45) is 23.7 Å². The third-order valence-electron chi connectivity index (χ3n) is 4.30. The zero-order valence-corrected chi connectivity index (χ0v) is 8.56. The van der Waals surface area contributed by atoms with Crippen LogP contribution in [0.15, 0.2) is 0 Å². The maximum atomic E-state index is 11.6. The second-order valence-corrected chi connectivity index (χ2v) is 5.58. The number of hydrogen-bond acceptors (Lipinski definition) is 3. The zero-order chi connectivity index (χ0) is 10.1. The average Bonchev–Trinajstić information content (AvgIpc) is 2.59. The monoisotopic (exact) mass is 196 g/mol. The molecular formula is C11H16O3. The van der Waals surface area contributed by atoms with Gasteiger partial charge in [-0.3, -0.25) is 4.79 Å². The first-order valence-corrected chi connectivity index (χ1v) is 5.41. The van der Waals surface area contributed by atoms with E-state index in [2.05, 4.69) is 0 Å². The van der Waals surface area contributed by atoms with Crippen LogP contribution in [-0.2, 0) is 9.53 Å². The van der Waals surface area contributed by atoms with Gasteiger partial charge in [-0.1, -0.05) is 0 Å². The van der Waals surface area contributed by atoms with E-state index in [9.17, 15) is 9.90 Å². The minimum Gasteiger partial charge on any atom is -0.462 e. The lowest BCUT2D eigenvalue weighted by Gasteiger charge is -2.34. The third kappa shape index (κ3) is 0.888. The number of carbonyl (C=O) groups excluding carboxylic acids is 1. The predicted molar refractivity (Wildman–Crippen MR) is 49.4 cm³/mol. The summed E-state index contributed by atoms with van der Waals surface area (Å²) in [6.45, 7) is 3.64. The number of ether oxygens (including phenoxy) is 1. The first-order valence-electron chi connectivity index (χ1n) is 5.41. The van der Waals surface area contributed by atoms with Gasteiger partial charge in [-0.25, -0.2) is 0 Å². The molecule has 1 heterocycles. The molecule has 0 aromatic heterocycles. The van der Waals surface area contributed by atoms with Crippen LogP contribution in [0.1, 0.15) is 26.7 Å². The molecular weight excluding hydrogens is 180 g/mol. The summed E-state index contributed by atoms with van der Waals surface area (Å²) < 4.78 is 5.31. The molecule has 0 amide bonds. The Kier molecular flexibility index (Phi) is 1.45. The highest BCUT2D eigenvalue weighted by Gasteiger charge is 2.64. The van der Waals surface area contributed by atoms with Crippen LogP contribution in [0, 0.1) is 23.7 Å². The summed E-state index contributed by atoms with van der Waals surface area (Å²) in [5.41, 5.74) is -0.738. The van der Waals surface area contributed by atoms with Gasteiger partial charge in [0, 0.05) is 11.8 Å². The van der Waals surface area contributed by atoms with Crippen LogP contribution in [-0.4, -0.2) is 22.8 Å². The molecule has 0 aromatic carbocycles. The summed E-state index contributed by atoms with van der Waals surface area (Å²) in [7, 11) is 0. The molecule has 5 atom stereocenters. The first-order chi connectivity index (χ1) is 6.48. The van der Waals surface area contributed by atoms with Gasteiger partial charge in [0.1, 0.15) is 6.10 Å². The maximum absolute atomic E-state index is 11.6. The van der Waals surface area contributed by atoms with Gasteiger partial charge >= 0.3 is 5.97 Å². The Balaban J connectivity index is 1.99. The van der Waals surface area contributed by atoms with Gasteiger partial charge in [0.25, 0.3) is 0 Å². The Morgan fingerprint density at radius 3 is 2.79 bits per heavy atom. The Bertz CT molecular complexity index is 289. The SMILES string of the molecule is CC(C)(O)[C@@H]1[C@@H]2C[C@@H]3[C@H]1C(=O)O[C@H]3C2. The first kappa shape index (κ1) is 8.72. The van der Waals surface area contributed by atoms with Gasteiger partial charge in [-0.2, -0.15) is 0 Å². The van der Waals surface area contributed by atoms with Crippen molar-refractivity contribution in [1.82, 2.24) is 0 Å². The second kappa shape index (κ2) is 2.32. The molecule has 3 nitrogen and oxygen atoms in total. The maximum Gasteiger partial charge on any atom is 0.310 e. The molecule has 3 aliphatic rings. The van der Waals surface area contributed by atoms with Crippen molar-refractivity contribution in [3.8, 4) is 0 Å². The van der Waals surface area contributed by atoms with Gasteiger partial charge in [0.2, 0.25) is 0 Å². The number of carbonyl (C=O) groups is 1. The fourth-order valence-electron chi connectivity index (χ4n) is 4.00. The van der Waals surface area contributed by atoms with E-state index in [1.54, 1.807) is 0 Å². The largest absolute Gasteiger partial charge is 0.462 e. The van der Waals surface area contributed by atoms with Crippen molar-refractivity contribution in [2.45, 2.75) is 38.4 Å². The summed E-state index contributed by atoms with van der Waals surface area (Å²) in [6.07, 6.45) is 2.23.